The van der Waals surface area contributed by atoms with Crippen LogP contribution in [-0.2, 0) is 0 Å². The molecule has 0 aliphatic carbocycles. The topological polar surface area (TPSA) is 53.4 Å². The molecule has 2 aromatic rings. The highest BCUT2D eigenvalue weighted by Crippen LogP contribution is 2.23. The summed E-state index contributed by atoms with van der Waals surface area (Å²) in [5, 5.41) is 8.61. The van der Waals surface area contributed by atoms with E-state index in [1.54, 1.807) is 6.20 Å². The molecule has 1 fully saturated rings. The van der Waals surface area contributed by atoms with Crippen LogP contribution in [0.1, 0.15) is 19.8 Å². The first-order valence-electron chi connectivity index (χ1n) is 9.22. The summed E-state index contributed by atoms with van der Waals surface area (Å²) >= 11 is 11.9. The normalized spacial score (nSPS) is 14.3. The van der Waals surface area contributed by atoms with Gasteiger partial charge in [-0.25, -0.2) is 0 Å². The van der Waals surface area contributed by atoms with Crippen molar-refractivity contribution in [3.05, 3.63) is 51.9 Å². The minimum absolute atomic E-state index is 0.200. The van der Waals surface area contributed by atoms with Gasteiger partial charge in [0.05, 0.1) is 17.6 Å². The van der Waals surface area contributed by atoms with Crippen molar-refractivity contribution < 1.29 is 0 Å². The molecule has 0 amide bonds. The molecule has 1 aromatic carbocycles. The van der Waals surface area contributed by atoms with Gasteiger partial charge in [-0.1, -0.05) is 43.1 Å². The number of nitrogens with zero attached hydrogens (tertiary/aromatic N) is 4. The highest BCUT2D eigenvalue weighted by Gasteiger charge is 2.22. The van der Waals surface area contributed by atoms with Crippen LogP contribution in [0.4, 0.5) is 5.69 Å². The van der Waals surface area contributed by atoms with Crippen molar-refractivity contribution >= 4 is 34.6 Å². The summed E-state index contributed by atoms with van der Waals surface area (Å²) in [5.74, 6) is 0. The third-order valence-corrected chi connectivity index (χ3v) is 5.37. The molecule has 3 rings (SSSR count). The standard InChI is InChI=1S/C19H24ClN5OS/c1-2-3-9-21-19(27)24-12-10-23(11-13-24)16-14-22-25(18(26)17(16)20)15-7-5-4-6-8-15/h4-8,14H,2-3,9-13H2,1H3,(H,21,27). The maximum Gasteiger partial charge on any atom is 0.292 e. The van der Waals surface area contributed by atoms with E-state index in [1.807, 2.05) is 30.3 Å². The number of anilines is 1. The first kappa shape index (κ1) is 19.6. The van der Waals surface area contributed by atoms with Crippen LogP contribution in [0.5, 0.6) is 0 Å². The summed E-state index contributed by atoms with van der Waals surface area (Å²) in [6.45, 7) is 6.12. The predicted molar refractivity (Wildman–Crippen MR) is 114 cm³/mol. The van der Waals surface area contributed by atoms with Crippen LogP contribution < -0.4 is 15.8 Å². The Hall–Kier alpha value is -2.12. The molecule has 0 unspecified atom stereocenters. The fourth-order valence-corrected chi connectivity index (χ4v) is 3.57. The molecule has 6 nitrogen and oxygen atoms in total. The lowest BCUT2D eigenvalue weighted by molar-refractivity contribution is 0.379. The molecule has 2 heterocycles. The van der Waals surface area contributed by atoms with Gasteiger partial charge in [-0.15, -0.1) is 0 Å². The van der Waals surface area contributed by atoms with Crippen molar-refractivity contribution in [2.45, 2.75) is 19.8 Å². The second-order valence-corrected chi connectivity index (χ2v) is 7.22. The first-order chi connectivity index (χ1) is 13.1. The maximum atomic E-state index is 12.7. The molecule has 1 aliphatic rings. The van der Waals surface area contributed by atoms with Gasteiger partial charge in [0.2, 0.25) is 0 Å². The van der Waals surface area contributed by atoms with Gasteiger partial charge < -0.3 is 15.1 Å². The molecular weight excluding hydrogens is 382 g/mol. The van der Waals surface area contributed by atoms with Gasteiger partial charge in [0.1, 0.15) is 5.02 Å². The number of para-hydroxylation sites is 1. The monoisotopic (exact) mass is 405 g/mol. The van der Waals surface area contributed by atoms with Crippen LogP contribution >= 0.6 is 23.8 Å². The van der Waals surface area contributed by atoms with Crippen LogP contribution in [0.2, 0.25) is 5.02 Å². The molecule has 1 saturated heterocycles. The van der Waals surface area contributed by atoms with E-state index in [-0.39, 0.29) is 10.6 Å². The van der Waals surface area contributed by atoms with Crippen molar-refractivity contribution in [2.75, 3.05) is 37.6 Å². The van der Waals surface area contributed by atoms with Crippen molar-refractivity contribution in [1.29, 1.82) is 0 Å². The fraction of sp³-hybridized carbons (Fsp3) is 0.421. The summed E-state index contributed by atoms with van der Waals surface area (Å²) in [5.41, 5.74) is 1.07. The molecule has 0 atom stereocenters. The maximum absolute atomic E-state index is 12.7. The number of benzene rings is 1. The quantitative estimate of drug-likeness (QED) is 0.609. The summed E-state index contributed by atoms with van der Waals surface area (Å²) in [6, 6.07) is 9.28. The van der Waals surface area contributed by atoms with Crippen LogP contribution in [0, 0.1) is 0 Å². The van der Waals surface area contributed by atoms with E-state index in [0.717, 1.165) is 50.7 Å². The number of thiocarbonyl (C=S) groups is 1. The molecule has 8 heteroatoms. The van der Waals surface area contributed by atoms with Gasteiger partial charge in [-0.2, -0.15) is 9.78 Å². The zero-order chi connectivity index (χ0) is 19.2. The Morgan fingerprint density at radius 3 is 2.59 bits per heavy atom. The minimum Gasteiger partial charge on any atom is -0.365 e. The Morgan fingerprint density at radius 1 is 1.22 bits per heavy atom. The highest BCUT2D eigenvalue weighted by atomic mass is 35.5. The Morgan fingerprint density at radius 2 is 1.93 bits per heavy atom. The van der Waals surface area contributed by atoms with Gasteiger partial charge in [0, 0.05) is 32.7 Å². The molecule has 0 saturated carbocycles. The number of rotatable bonds is 5. The summed E-state index contributed by atoms with van der Waals surface area (Å²) < 4.78 is 1.33. The number of halogens is 1. The lowest BCUT2D eigenvalue weighted by Crippen LogP contribution is -2.52. The number of piperazine rings is 1. The second kappa shape index (κ2) is 9.19. The first-order valence-corrected chi connectivity index (χ1v) is 10.0. The molecule has 0 spiro atoms. The van der Waals surface area contributed by atoms with Crippen LogP contribution in [-0.4, -0.2) is 52.5 Å². The van der Waals surface area contributed by atoms with E-state index in [9.17, 15) is 4.79 Å². The zero-order valence-electron chi connectivity index (χ0n) is 15.4. The van der Waals surface area contributed by atoms with Crippen LogP contribution in [0.15, 0.2) is 41.3 Å². The van der Waals surface area contributed by atoms with Gasteiger partial charge in [0.15, 0.2) is 5.11 Å². The van der Waals surface area contributed by atoms with E-state index in [4.69, 9.17) is 23.8 Å². The molecule has 144 valence electrons. The lowest BCUT2D eigenvalue weighted by atomic mass is 10.3. The zero-order valence-corrected chi connectivity index (χ0v) is 17.0. The number of hydrogen-bond donors (Lipinski definition) is 1. The summed E-state index contributed by atoms with van der Waals surface area (Å²) in [4.78, 5) is 16.9. The van der Waals surface area contributed by atoms with Crippen LogP contribution in [0.3, 0.4) is 0 Å². The Labute approximate surface area is 169 Å². The van der Waals surface area contributed by atoms with Crippen molar-refractivity contribution in [2.24, 2.45) is 0 Å². The number of aromatic nitrogens is 2. The molecule has 1 N–H and O–H groups in total. The predicted octanol–water partition coefficient (Wildman–Crippen LogP) is 2.68. The smallest absolute Gasteiger partial charge is 0.292 e. The van der Waals surface area contributed by atoms with Crippen molar-refractivity contribution in [1.82, 2.24) is 20.0 Å². The van der Waals surface area contributed by atoms with E-state index in [2.05, 4.69) is 27.1 Å². The van der Waals surface area contributed by atoms with Gasteiger partial charge >= 0.3 is 0 Å². The Balaban J connectivity index is 1.67. The van der Waals surface area contributed by atoms with E-state index in [1.165, 1.54) is 4.68 Å². The van der Waals surface area contributed by atoms with Gasteiger partial charge in [0.25, 0.3) is 5.56 Å². The Bertz CT molecular complexity index is 834. The molecule has 0 bridgehead atoms. The fourth-order valence-electron chi connectivity index (χ4n) is 3.03. The van der Waals surface area contributed by atoms with E-state index >= 15 is 0 Å². The minimum atomic E-state index is -0.306. The second-order valence-electron chi connectivity index (χ2n) is 6.46. The largest absolute Gasteiger partial charge is 0.365 e. The summed E-state index contributed by atoms with van der Waals surface area (Å²) in [6.07, 6.45) is 3.92. The number of nitrogens with one attached hydrogen (secondary N) is 1. The van der Waals surface area contributed by atoms with E-state index < -0.39 is 0 Å². The molecular formula is C19H24ClN5OS. The Kier molecular flexibility index (Phi) is 6.68. The lowest BCUT2D eigenvalue weighted by Gasteiger charge is -2.37. The average molecular weight is 406 g/mol. The van der Waals surface area contributed by atoms with Gasteiger partial charge in [-0.05, 0) is 30.8 Å². The molecule has 27 heavy (non-hydrogen) atoms. The molecule has 1 aromatic heterocycles. The number of hydrogen-bond acceptors (Lipinski definition) is 4. The third kappa shape index (κ3) is 4.59. The van der Waals surface area contributed by atoms with Crippen molar-refractivity contribution in [3.63, 3.8) is 0 Å². The van der Waals surface area contributed by atoms with Gasteiger partial charge in [-0.3, -0.25) is 4.79 Å². The highest BCUT2D eigenvalue weighted by molar-refractivity contribution is 7.80. The average Bonchev–Trinajstić information content (AvgIpc) is 2.71. The number of unbranched alkanes of at least 4 members (excludes halogenated alkanes) is 1. The summed E-state index contributed by atoms with van der Waals surface area (Å²) in [7, 11) is 0. The molecule has 0 radical (unpaired) electrons. The molecule has 1 aliphatic heterocycles. The third-order valence-electron chi connectivity index (χ3n) is 4.62. The van der Waals surface area contributed by atoms with E-state index in [0.29, 0.717) is 11.4 Å². The van der Waals surface area contributed by atoms with Crippen molar-refractivity contribution in [3.8, 4) is 5.69 Å². The van der Waals surface area contributed by atoms with Crippen LogP contribution in [0.25, 0.3) is 5.69 Å². The SMILES string of the molecule is CCCCNC(=S)N1CCN(c2cnn(-c3ccccc3)c(=O)c2Cl)CC1.